The average molecular weight is 731 g/mol. The Hall–Kier alpha value is -7.56. The Labute approximate surface area is 331 Å². The number of hydrogen-bond donors (Lipinski definition) is 0. The Bertz CT molecular complexity index is 3180. The molecule has 0 aliphatic rings. The highest BCUT2D eigenvalue weighted by molar-refractivity contribution is 6.13. The van der Waals surface area contributed by atoms with Gasteiger partial charge in [0.2, 0.25) is 0 Å². The number of hydrogen-bond acceptors (Lipinski definition) is 1. The largest absolute Gasteiger partial charge is 0.309 e. The van der Waals surface area contributed by atoms with Crippen LogP contribution in [-0.4, -0.2) is 21.7 Å². The third-order valence-corrected chi connectivity index (χ3v) is 11.0. The van der Waals surface area contributed by atoms with Crippen LogP contribution in [0.1, 0.15) is 18.1 Å². The van der Waals surface area contributed by atoms with Gasteiger partial charge in [-0.1, -0.05) is 140 Å². The van der Waals surface area contributed by atoms with E-state index in [0.717, 1.165) is 39.2 Å². The summed E-state index contributed by atoms with van der Waals surface area (Å²) in [5.74, 6) is 0.573. The van der Waals surface area contributed by atoms with Gasteiger partial charge in [0.05, 0.1) is 27.8 Å². The molecule has 8 aromatic carbocycles. The molecule has 4 heteroatoms. The molecule has 2 aromatic heterocycles. The van der Waals surface area contributed by atoms with E-state index in [2.05, 4.69) is 209 Å². The molecule has 4 nitrogen and oxygen atoms in total. The molecule has 0 aliphatic heterocycles. The van der Waals surface area contributed by atoms with Crippen LogP contribution in [0.3, 0.4) is 0 Å². The zero-order valence-corrected chi connectivity index (χ0v) is 31.5. The molecule has 2 heterocycles. The highest BCUT2D eigenvalue weighted by Crippen LogP contribution is 2.38. The van der Waals surface area contributed by atoms with Gasteiger partial charge >= 0.3 is 0 Å². The Morgan fingerprint density at radius 1 is 0.421 bits per heavy atom. The van der Waals surface area contributed by atoms with Gasteiger partial charge < -0.3 is 9.13 Å². The highest BCUT2D eigenvalue weighted by atomic mass is 15.0. The maximum Gasteiger partial charge on any atom is 0.159 e. The summed E-state index contributed by atoms with van der Waals surface area (Å²) in [6, 6.07) is 69.0. The number of para-hydroxylation sites is 3. The van der Waals surface area contributed by atoms with E-state index >= 15 is 0 Å². The molecule has 57 heavy (non-hydrogen) atoms. The van der Waals surface area contributed by atoms with E-state index in [4.69, 9.17) is 4.99 Å². The molecule has 0 radical (unpaired) electrons. The average Bonchev–Trinajstić information content (AvgIpc) is 3.80. The fourth-order valence-corrected chi connectivity index (χ4v) is 8.29. The molecule has 0 unspecified atom stereocenters. The number of allylic oxidation sites excluding steroid dienone is 1. The van der Waals surface area contributed by atoms with Gasteiger partial charge in [0.15, 0.2) is 5.84 Å². The van der Waals surface area contributed by atoms with Crippen LogP contribution in [0, 0.1) is 0 Å². The Morgan fingerprint density at radius 3 is 1.51 bits per heavy atom. The first-order valence-electron chi connectivity index (χ1n) is 19.3. The van der Waals surface area contributed by atoms with E-state index in [9.17, 15) is 0 Å². The topological polar surface area (TPSA) is 34.6 Å². The minimum absolute atomic E-state index is 0.573. The van der Waals surface area contributed by atoms with Gasteiger partial charge in [-0.05, 0) is 102 Å². The van der Waals surface area contributed by atoms with Crippen LogP contribution in [0.15, 0.2) is 210 Å². The molecule has 0 spiro atoms. The second kappa shape index (κ2) is 14.3. The number of benzene rings is 8. The summed E-state index contributed by atoms with van der Waals surface area (Å²) in [7, 11) is 0. The number of aliphatic imine (C=N–C) groups is 2. The lowest BCUT2D eigenvalue weighted by atomic mass is 10.0. The third-order valence-electron chi connectivity index (χ3n) is 11.0. The van der Waals surface area contributed by atoms with Crippen LogP contribution >= 0.6 is 0 Å². The van der Waals surface area contributed by atoms with Crippen LogP contribution in [-0.2, 0) is 0 Å². The molecular formula is C53H38N4. The summed E-state index contributed by atoms with van der Waals surface area (Å²) >= 11 is 0. The van der Waals surface area contributed by atoms with E-state index in [1.165, 1.54) is 54.8 Å². The minimum Gasteiger partial charge on any atom is -0.309 e. The molecular weight excluding hydrogens is 693 g/mol. The predicted octanol–water partition coefficient (Wildman–Crippen LogP) is 13.7. The van der Waals surface area contributed by atoms with Gasteiger partial charge in [-0.3, -0.25) is 0 Å². The normalized spacial score (nSPS) is 12.2. The van der Waals surface area contributed by atoms with E-state index in [-0.39, 0.29) is 0 Å². The standard InChI is InChI=1S/C53H38N4/c1-3-48(38-27-25-37(26-28-38)36-15-6-4-7-16-36)55-53(54-2)41-17-14-20-43(33-41)57-50-24-13-11-22-45(50)47-35-40(30-32-52(47)57)39-29-31-51-46(34-39)44-21-10-12-23-49(44)56(51)42-18-8-5-9-19-42/h3-35H,2H2,1H3/b48-3-,55-53-. The number of aromatic nitrogens is 2. The molecule has 10 aromatic rings. The van der Waals surface area contributed by atoms with Crippen molar-refractivity contribution >= 4 is 61.9 Å². The molecule has 0 bridgehead atoms. The highest BCUT2D eigenvalue weighted by Gasteiger charge is 2.17. The first kappa shape index (κ1) is 34.0. The van der Waals surface area contributed by atoms with Crippen molar-refractivity contribution in [3.05, 3.63) is 211 Å². The molecule has 270 valence electrons. The van der Waals surface area contributed by atoms with Gasteiger partial charge in [-0.2, -0.15) is 0 Å². The molecule has 0 saturated carbocycles. The Kier molecular flexibility index (Phi) is 8.50. The van der Waals surface area contributed by atoms with Crippen molar-refractivity contribution in [2.45, 2.75) is 6.92 Å². The number of amidine groups is 1. The molecule has 0 amide bonds. The molecule has 10 rings (SSSR count). The maximum atomic E-state index is 5.05. The van der Waals surface area contributed by atoms with Crippen molar-refractivity contribution in [1.82, 2.24) is 9.13 Å². The quantitative estimate of drug-likeness (QED) is 0.116. The van der Waals surface area contributed by atoms with E-state index in [0.29, 0.717) is 5.84 Å². The lowest BCUT2D eigenvalue weighted by Crippen LogP contribution is -2.01. The third kappa shape index (κ3) is 5.96. The second-order valence-corrected chi connectivity index (χ2v) is 14.3. The van der Waals surface area contributed by atoms with Gasteiger partial charge in [0.25, 0.3) is 0 Å². The zero-order valence-electron chi connectivity index (χ0n) is 31.5. The minimum atomic E-state index is 0.573. The fraction of sp³-hybridized carbons (Fsp3) is 0.0189. The lowest BCUT2D eigenvalue weighted by molar-refractivity contribution is 1.18. The van der Waals surface area contributed by atoms with Crippen molar-refractivity contribution < 1.29 is 0 Å². The first-order valence-corrected chi connectivity index (χ1v) is 19.3. The van der Waals surface area contributed by atoms with Crippen molar-refractivity contribution in [2.24, 2.45) is 9.98 Å². The van der Waals surface area contributed by atoms with E-state index < -0.39 is 0 Å². The smallest absolute Gasteiger partial charge is 0.159 e. The van der Waals surface area contributed by atoms with Gasteiger partial charge in [-0.25, -0.2) is 9.98 Å². The van der Waals surface area contributed by atoms with Crippen molar-refractivity contribution in [3.8, 4) is 33.6 Å². The van der Waals surface area contributed by atoms with Crippen molar-refractivity contribution in [2.75, 3.05) is 0 Å². The van der Waals surface area contributed by atoms with Crippen LogP contribution in [0.25, 0.3) is 82.9 Å². The number of nitrogens with zero attached hydrogens (tertiary/aromatic N) is 4. The molecule has 0 fully saturated rings. The van der Waals surface area contributed by atoms with Crippen molar-refractivity contribution in [3.63, 3.8) is 0 Å². The van der Waals surface area contributed by atoms with Gasteiger partial charge in [0, 0.05) is 38.5 Å². The van der Waals surface area contributed by atoms with Crippen molar-refractivity contribution in [1.29, 1.82) is 0 Å². The number of fused-ring (bicyclic) bond motifs is 6. The monoisotopic (exact) mass is 730 g/mol. The predicted molar refractivity (Wildman–Crippen MR) is 242 cm³/mol. The second-order valence-electron chi connectivity index (χ2n) is 14.3. The van der Waals surface area contributed by atoms with Gasteiger partial charge in [-0.15, -0.1) is 0 Å². The van der Waals surface area contributed by atoms with Gasteiger partial charge in [0.1, 0.15) is 0 Å². The summed E-state index contributed by atoms with van der Waals surface area (Å²) in [5, 5.41) is 4.89. The summed E-state index contributed by atoms with van der Waals surface area (Å²) in [5.41, 5.74) is 14.4. The summed E-state index contributed by atoms with van der Waals surface area (Å²) in [4.78, 5) is 9.48. The van der Waals surface area contributed by atoms with Crippen LogP contribution in [0.2, 0.25) is 0 Å². The van der Waals surface area contributed by atoms with Crippen LogP contribution < -0.4 is 0 Å². The SMILES string of the molecule is C=N/C(=N\C(=C/C)c1ccc(-c2ccccc2)cc1)c1cccc(-n2c3ccccc3c3cc(-c4ccc5c(c4)c4ccccc4n5-c4ccccc4)ccc32)c1. The molecule has 0 N–H and O–H groups in total. The van der Waals surface area contributed by atoms with E-state index in [1.807, 2.05) is 19.1 Å². The maximum absolute atomic E-state index is 5.05. The lowest BCUT2D eigenvalue weighted by Gasteiger charge is -2.11. The Balaban J connectivity index is 1.04. The summed E-state index contributed by atoms with van der Waals surface area (Å²) in [6.45, 7) is 5.95. The fourth-order valence-electron chi connectivity index (χ4n) is 8.29. The molecule has 0 saturated heterocycles. The zero-order chi connectivity index (χ0) is 38.3. The summed E-state index contributed by atoms with van der Waals surface area (Å²) < 4.78 is 4.70. The first-order chi connectivity index (χ1) is 28.2. The molecule has 0 atom stereocenters. The molecule has 0 aliphatic carbocycles. The van der Waals surface area contributed by atoms with E-state index in [1.54, 1.807) is 0 Å². The van der Waals surface area contributed by atoms with Crippen LogP contribution in [0.5, 0.6) is 0 Å². The number of rotatable bonds is 7. The Morgan fingerprint density at radius 2 is 0.912 bits per heavy atom. The summed E-state index contributed by atoms with van der Waals surface area (Å²) in [6.07, 6.45) is 2.02. The van der Waals surface area contributed by atoms with Crippen LogP contribution in [0.4, 0.5) is 0 Å².